The molecule has 0 saturated heterocycles. The van der Waals surface area contributed by atoms with E-state index in [0.29, 0.717) is 11.6 Å². The highest BCUT2D eigenvalue weighted by Gasteiger charge is 2.14. The fraction of sp³-hybridized carbons (Fsp3) is 0.250. The molecule has 0 unspecified atom stereocenters. The molecule has 1 rings (SSSR count). The zero-order valence-electron chi connectivity index (χ0n) is 10.5. The lowest BCUT2D eigenvalue weighted by molar-refractivity contribution is -0.131. The molecule has 2 amide bonds. The molecule has 3 N–H and O–H groups in total. The highest BCUT2D eigenvalue weighted by Crippen LogP contribution is 2.21. The van der Waals surface area contributed by atoms with Crippen LogP contribution in [0.25, 0.3) is 0 Å². The molecule has 1 aromatic heterocycles. The van der Waals surface area contributed by atoms with Gasteiger partial charge in [-0.1, -0.05) is 6.92 Å². The standard InChI is InChI=1S/C12H14N2O4S/c1-3-8-7(2)19-6-9(8)12(18)14-13-10(15)4-5-11(16)17/h4-6H,3H2,1-2H3,(H,13,15)(H,14,18)(H,16,17)/b5-4-. The Bertz CT molecular complexity index is 534. The number of rotatable bonds is 4. The number of amides is 2. The summed E-state index contributed by atoms with van der Waals surface area (Å²) in [7, 11) is 0. The number of nitrogens with one attached hydrogen (secondary N) is 2. The monoisotopic (exact) mass is 282 g/mol. The van der Waals surface area contributed by atoms with Gasteiger partial charge in [0.05, 0.1) is 5.56 Å². The van der Waals surface area contributed by atoms with Gasteiger partial charge in [-0.15, -0.1) is 11.3 Å². The van der Waals surface area contributed by atoms with E-state index in [4.69, 9.17) is 5.11 Å². The highest BCUT2D eigenvalue weighted by atomic mass is 32.1. The van der Waals surface area contributed by atoms with Crippen molar-refractivity contribution in [2.24, 2.45) is 0 Å². The molecular formula is C12H14N2O4S. The largest absolute Gasteiger partial charge is 0.478 e. The van der Waals surface area contributed by atoms with Gasteiger partial charge < -0.3 is 5.11 Å². The average Bonchev–Trinajstić information content (AvgIpc) is 2.74. The Labute approximate surface area is 114 Å². The molecule has 0 aromatic carbocycles. The topological polar surface area (TPSA) is 95.5 Å². The third-order valence-electron chi connectivity index (χ3n) is 2.38. The molecule has 19 heavy (non-hydrogen) atoms. The van der Waals surface area contributed by atoms with Crippen molar-refractivity contribution >= 4 is 29.1 Å². The minimum atomic E-state index is -1.23. The van der Waals surface area contributed by atoms with E-state index in [-0.39, 0.29) is 0 Å². The molecule has 6 nitrogen and oxygen atoms in total. The maximum atomic E-state index is 11.8. The zero-order valence-corrected chi connectivity index (χ0v) is 11.3. The summed E-state index contributed by atoms with van der Waals surface area (Å²) in [5.74, 6) is -2.36. The van der Waals surface area contributed by atoms with Crippen LogP contribution >= 0.6 is 11.3 Å². The van der Waals surface area contributed by atoms with E-state index in [1.165, 1.54) is 11.3 Å². The van der Waals surface area contributed by atoms with Crippen molar-refractivity contribution in [3.8, 4) is 0 Å². The predicted octanol–water partition coefficient (Wildman–Crippen LogP) is 1.02. The van der Waals surface area contributed by atoms with Crippen molar-refractivity contribution in [1.29, 1.82) is 0 Å². The molecular weight excluding hydrogens is 268 g/mol. The number of carboxylic acids is 1. The number of hydrogen-bond acceptors (Lipinski definition) is 4. The van der Waals surface area contributed by atoms with Gasteiger partial charge in [0.1, 0.15) is 0 Å². The summed E-state index contributed by atoms with van der Waals surface area (Å²) in [5.41, 5.74) is 5.81. The molecule has 1 aromatic rings. The van der Waals surface area contributed by atoms with Crippen LogP contribution in [0.1, 0.15) is 27.7 Å². The molecule has 7 heteroatoms. The Kier molecular flexibility index (Phi) is 5.25. The van der Waals surface area contributed by atoms with Gasteiger partial charge >= 0.3 is 5.97 Å². The maximum Gasteiger partial charge on any atom is 0.328 e. The molecule has 0 radical (unpaired) electrons. The Morgan fingerprint density at radius 2 is 2.00 bits per heavy atom. The first-order valence-electron chi connectivity index (χ1n) is 5.54. The quantitative estimate of drug-likeness (QED) is 0.567. The van der Waals surface area contributed by atoms with Gasteiger partial charge in [0.15, 0.2) is 0 Å². The van der Waals surface area contributed by atoms with Crippen LogP contribution in [-0.4, -0.2) is 22.9 Å². The summed E-state index contributed by atoms with van der Waals surface area (Å²) < 4.78 is 0. The molecule has 0 aliphatic heterocycles. The fourth-order valence-electron chi connectivity index (χ4n) is 1.48. The minimum Gasteiger partial charge on any atom is -0.478 e. The Hall–Kier alpha value is -2.15. The number of aryl methyl sites for hydroxylation is 1. The molecule has 1 heterocycles. The van der Waals surface area contributed by atoms with E-state index in [0.717, 1.165) is 22.9 Å². The summed E-state index contributed by atoms with van der Waals surface area (Å²) in [6.07, 6.45) is 2.24. The second-order valence-electron chi connectivity index (χ2n) is 3.65. The zero-order chi connectivity index (χ0) is 14.4. The first-order valence-corrected chi connectivity index (χ1v) is 6.42. The second-order valence-corrected chi connectivity index (χ2v) is 4.74. The van der Waals surface area contributed by atoms with Gasteiger partial charge in [0.25, 0.3) is 11.8 Å². The summed E-state index contributed by atoms with van der Waals surface area (Å²) in [6, 6.07) is 0. The lowest BCUT2D eigenvalue weighted by atomic mass is 10.1. The van der Waals surface area contributed by atoms with E-state index < -0.39 is 17.8 Å². The Morgan fingerprint density at radius 1 is 1.32 bits per heavy atom. The number of hydrazine groups is 1. The summed E-state index contributed by atoms with van der Waals surface area (Å²) in [4.78, 5) is 34.2. The SMILES string of the molecule is CCc1c(C(=O)NNC(=O)/C=C\C(=O)O)csc1C. The van der Waals surface area contributed by atoms with E-state index in [1.54, 1.807) is 5.38 Å². The number of carboxylic acid groups (broad SMARTS) is 1. The first kappa shape index (κ1) is 14.9. The van der Waals surface area contributed by atoms with Crippen LogP contribution < -0.4 is 10.9 Å². The smallest absolute Gasteiger partial charge is 0.328 e. The molecule has 0 aliphatic rings. The number of aliphatic carboxylic acids is 1. The molecule has 0 spiro atoms. The normalized spacial score (nSPS) is 10.4. The van der Waals surface area contributed by atoms with Crippen LogP contribution in [0.5, 0.6) is 0 Å². The molecule has 0 atom stereocenters. The number of carbonyl (C=O) groups is 3. The van der Waals surface area contributed by atoms with Crippen LogP contribution in [-0.2, 0) is 16.0 Å². The van der Waals surface area contributed by atoms with Gasteiger partial charge in [0, 0.05) is 22.4 Å². The highest BCUT2D eigenvalue weighted by molar-refractivity contribution is 7.10. The van der Waals surface area contributed by atoms with Crippen molar-refractivity contribution in [2.45, 2.75) is 20.3 Å². The molecule has 0 bridgehead atoms. The van der Waals surface area contributed by atoms with E-state index >= 15 is 0 Å². The summed E-state index contributed by atoms with van der Waals surface area (Å²) in [5, 5.41) is 10.1. The van der Waals surface area contributed by atoms with Crippen LogP contribution in [0.2, 0.25) is 0 Å². The number of carbonyl (C=O) groups excluding carboxylic acids is 2. The van der Waals surface area contributed by atoms with Gasteiger partial charge in [-0.3, -0.25) is 20.4 Å². The van der Waals surface area contributed by atoms with Crippen molar-refractivity contribution in [2.75, 3.05) is 0 Å². The average molecular weight is 282 g/mol. The molecule has 102 valence electrons. The maximum absolute atomic E-state index is 11.8. The van der Waals surface area contributed by atoms with E-state index in [9.17, 15) is 14.4 Å². The van der Waals surface area contributed by atoms with Crippen molar-refractivity contribution in [1.82, 2.24) is 10.9 Å². The van der Waals surface area contributed by atoms with Crippen molar-refractivity contribution in [3.05, 3.63) is 33.5 Å². The van der Waals surface area contributed by atoms with E-state index in [1.807, 2.05) is 13.8 Å². The van der Waals surface area contributed by atoms with Gasteiger partial charge in [-0.05, 0) is 18.9 Å². The Balaban J connectivity index is 2.61. The summed E-state index contributed by atoms with van der Waals surface area (Å²) in [6.45, 7) is 3.87. The predicted molar refractivity (Wildman–Crippen MR) is 70.8 cm³/mol. The van der Waals surface area contributed by atoms with Crippen LogP contribution in [0.4, 0.5) is 0 Å². The molecule has 0 aliphatic carbocycles. The third-order valence-corrected chi connectivity index (χ3v) is 3.33. The van der Waals surface area contributed by atoms with E-state index in [2.05, 4.69) is 10.9 Å². The van der Waals surface area contributed by atoms with Gasteiger partial charge in [0.2, 0.25) is 0 Å². The first-order chi connectivity index (χ1) is 8.95. The van der Waals surface area contributed by atoms with Crippen LogP contribution in [0.15, 0.2) is 17.5 Å². The minimum absolute atomic E-state index is 0.418. The third kappa shape index (κ3) is 4.22. The van der Waals surface area contributed by atoms with Crippen molar-refractivity contribution in [3.63, 3.8) is 0 Å². The lowest BCUT2D eigenvalue weighted by Gasteiger charge is -2.05. The molecule has 0 saturated carbocycles. The van der Waals surface area contributed by atoms with Gasteiger partial charge in [-0.2, -0.15) is 0 Å². The van der Waals surface area contributed by atoms with Gasteiger partial charge in [-0.25, -0.2) is 4.79 Å². The second kappa shape index (κ2) is 6.69. The fourth-order valence-corrected chi connectivity index (χ4v) is 2.42. The van der Waals surface area contributed by atoms with Crippen LogP contribution in [0, 0.1) is 6.92 Å². The number of hydrogen-bond donors (Lipinski definition) is 3. The summed E-state index contributed by atoms with van der Waals surface area (Å²) >= 11 is 1.47. The lowest BCUT2D eigenvalue weighted by Crippen LogP contribution is -2.41. The molecule has 0 fully saturated rings. The number of thiophene rings is 1. The Morgan fingerprint density at radius 3 is 2.58 bits per heavy atom. The van der Waals surface area contributed by atoms with Crippen molar-refractivity contribution < 1.29 is 19.5 Å². The van der Waals surface area contributed by atoms with Crippen LogP contribution in [0.3, 0.4) is 0 Å².